The van der Waals surface area contributed by atoms with E-state index in [4.69, 9.17) is 23.2 Å². The largest absolute Gasteiger partial charge is 0.465 e. The predicted octanol–water partition coefficient (Wildman–Crippen LogP) is 4.09. The van der Waals surface area contributed by atoms with Crippen LogP contribution in [-0.2, 0) is 4.74 Å². The first-order valence-corrected chi connectivity index (χ1v) is 6.11. The normalized spacial score (nSPS) is 10.6. The molecule has 17 heavy (non-hydrogen) atoms. The van der Waals surface area contributed by atoms with Crippen molar-refractivity contribution in [2.75, 3.05) is 7.11 Å². The van der Waals surface area contributed by atoms with Crippen LogP contribution in [0.25, 0.3) is 10.9 Å². The minimum atomic E-state index is -0.541. The standard InChI is InChI=1S/C11H6BrCl2NO2/c1-17-11(16)5-4-15-10-6(12)2-3-7(13)8(10)9(5)14/h2-4H,1H3. The Labute approximate surface area is 116 Å². The molecule has 6 heteroatoms. The third-order valence-corrected chi connectivity index (χ3v) is 3.61. The molecule has 0 unspecified atom stereocenters. The van der Waals surface area contributed by atoms with Crippen molar-refractivity contribution < 1.29 is 9.53 Å². The van der Waals surface area contributed by atoms with E-state index in [0.29, 0.717) is 15.9 Å². The van der Waals surface area contributed by atoms with Crippen LogP contribution >= 0.6 is 39.1 Å². The first-order valence-electron chi connectivity index (χ1n) is 4.56. The number of hydrogen-bond donors (Lipinski definition) is 0. The van der Waals surface area contributed by atoms with Gasteiger partial charge in [0.1, 0.15) is 0 Å². The van der Waals surface area contributed by atoms with E-state index in [9.17, 15) is 4.79 Å². The van der Waals surface area contributed by atoms with E-state index in [1.165, 1.54) is 13.3 Å². The smallest absolute Gasteiger partial charge is 0.340 e. The maximum atomic E-state index is 11.5. The molecule has 0 aliphatic rings. The third kappa shape index (κ3) is 2.12. The van der Waals surface area contributed by atoms with Crippen LogP contribution in [0.4, 0.5) is 0 Å². The Morgan fingerprint density at radius 2 is 2.12 bits per heavy atom. The van der Waals surface area contributed by atoms with E-state index in [1.807, 2.05) is 0 Å². The lowest BCUT2D eigenvalue weighted by Gasteiger charge is -2.08. The molecule has 3 nitrogen and oxygen atoms in total. The summed E-state index contributed by atoms with van der Waals surface area (Å²) in [7, 11) is 1.28. The molecule has 0 N–H and O–H groups in total. The molecule has 0 saturated heterocycles. The summed E-state index contributed by atoms with van der Waals surface area (Å²) in [4.78, 5) is 15.6. The van der Waals surface area contributed by atoms with Crippen LogP contribution in [-0.4, -0.2) is 18.1 Å². The lowest BCUT2D eigenvalue weighted by molar-refractivity contribution is 0.0600. The molecule has 0 amide bonds. The van der Waals surface area contributed by atoms with Crippen molar-refractivity contribution in [3.63, 3.8) is 0 Å². The number of pyridine rings is 1. The quantitative estimate of drug-likeness (QED) is 0.737. The molecule has 0 atom stereocenters. The van der Waals surface area contributed by atoms with Gasteiger partial charge in [0.25, 0.3) is 0 Å². The Bertz CT molecular complexity index is 616. The average Bonchev–Trinajstić information content (AvgIpc) is 2.33. The van der Waals surface area contributed by atoms with E-state index in [2.05, 4.69) is 25.7 Å². The molecule has 2 rings (SSSR count). The number of nitrogens with zero attached hydrogens (tertiary/aromatic N) is 1. The maximum absolute atomic E-state index is 11.5. The molecule has 1 heterocycles. The van der Waals surface area contributed by atoms with Crippen molar-refractivity contribution in [2.45, 2.75) is 0 Å². The number of aromatic nitrogens is 1. The first kappa shape index (κ1) is 12.6. The number of hydrogen-bond acceptors (Lipinski definition) is 3. The fourth-order valence-electron chi connectivity index (χ4n) is 1.45. The summed E-state index contributed by atoms with van der Waals surface area (Å²) in [5.74, 6) is -0.541. The molecule has 2 aromatic rings. The van der Waals surface area contributed by atoms with Crippen LogP contribution in [0.15, 0.2) is 22.8 Å². The molecule has 0 saturated carbocycles. The van der Waals surface area contributed by atoms with Crippen molar-refractivity contribution in [1.29, 1.82) is 0 Å². The van der Waals surface area contributed by atoms with Gasteiger partial charge in [0, 0.05) is 16.1 Å². The van der Waals surface area contributed by atoms with Gasteiger partial charge in [-0.15, -0.1) is 0 Å². The predicted molar refractivity (Wildman–Crippen MR) is 70.8 cm³/mol. The highest BCUT2D eigenvalue weighted by molar-refractivity contribution is 9.10. The topological polar surface area (TPSA) is 39.2 Å². The molecule has 1 aromatic carbocycles. The second kappa shape index (κ2) is 4.80. The number of esters is 1. The van der Waals surface area contributed by atoms with Gasteiger partial charge in [0.2, 0.25) is 0 Å². The Balaban J connectivity index is 2.84. The van der Waals surface area contributed by atoms with E-state index >= 15 is 0 Å². The van der Waals surface area contributed by atoms with Crippen molar-refractivity contribution in [1.82, 2.24) is 4.98 Å². The Kier molecular flexibility index (Phi) is 3.56. The van der Waals surface area contributed by atoms with Gasteiger partial charge in [-0.1, -0.05) is 23.2 Å². The molecule has 0 spiro atoms. The fourth-order valence-corrected chi connectivity index (χ4v) is 2.49. The molecule has 0 aliphatic carbocycles. The molecule has 0 radical (unpaired) electrons. The lowest BCUT2D eigenvalue weighted by atomic mass is 10.1. The maximum Gasteiger partial charge on any atom is 0.340 e. The summed E-state index contributed by atoms with van der Waals surface area (Å²) in [5.41, 5.74) is 0.803. The van der Waals surface area contributed by atoms with Gasteiger partial charge in [-0.2, -0.15) is 0 Å². The molecule has 0 bridgehead atoms. The number of methoxy groups -OCH3 is 1. The molecule has 0 aliphatic heterocycles. The highest BCUT2D eigenvalue weighted by atomic mass is 79.9. The molecular formula is C11H6BrCl2NO2. The summed E-state index contributed by atoms with van der Waals surface area (Å²) in [6.45, 7) is 0. The summed E-state index contributed by atoms with van der Waals surface area (Å²) >= 11 is 15.6. The summed E-state index contributed by atoms with van der Waals surface area (Å²) in [6.07, 6.45) is 1.37. The van der Waals surface area contributed by atoms with Crippen molar-refractivity contribution >= 4 is 56.0 Å². The second-order valence-electron chi connectivity index (χ2n) is 3.23. The molecular weight excluding hydrogens is 329 g/mol. The third-order valence-electron chi connectivity index (χ3n) is 2.26. The number of rotatable bonds is 1. The Morgan fingerprint density at radius 1 is 1.41 bits per heavy atom. The van der Waals surface area contributed by atoms with Crippen molar-refractivity contribution in [3.8, 4) is 0 Å². The lowest BCUT2D eigenvalue weighted by Crippen LogP contribution is -2.03. The highest BCUT2D eigenvalue weighted by Crippen LogP contribution is 2.35. The number of fused-ring (bicyclic) bond motifs is 1. The van der Waals surface area contributed by atoms with Gasteiger partial charge in [0.15, 0.2) is 0 Å². The molecule has 0 fully saturated rings. The highest BCUT2D eigenvalue weighted by Gasteiger charge is 2.17. The van der Waals surface area contributed by atoms with Crippen molar-refractivity contribution in [2.24, 2.45) is 0 Å². The van der Waals surface area contributed by atoms with Gasteiger partial charge >= 0.3 is 5.97 Å². The van der Waals surface area contributed by atoms with E-state index < -0.39 is 5.97 Å². The van der Waals surface area contributed by atoms with E-state index in [-0.39, 0.29) is 10.6 Å². The minimum absolute atomic E-state index is 0.196. The van der Waals surface area contributed by atoms with E-state index in [0.717, 1.165) is 4.47 Å². The number of carbonyl (C=O) groups excluding carboxylic acids is 1. The van der Waals surface area contributed by atoms with Gasteiger partial charge in [0.05, 0.1) is 28.2 Å². The van der Waals surface area contributed by atoms with Gasteiger partial charge in [-0.05, 0) is 28.1 Å². The number of carbonyl (C=O) groups is 1. The second-order valence-corrected chi connectivity index (χ2v) is 4.87. The SMILES string of the molecule is COC(=O)c1cnc2c(Br)ccc(Cl)c2c1Cl. The van der Waals surface area contributed by atoms with E-state index in [1.54, 1.807) is 12.1 Å². The summed E-state index contributed by atoms with van der Waals surface area (Å²) in [5, 5.41) is 1.21. The van der Waals surface area contributed by atoms with Crippen molar-refractivity contribution in [3.05, 3.63) is 38.4 Å². The number of halogens is 3. The monoisotopic (exact) mass is 333 g/mol. The molecule has 88 valence electrons. The zero-order chi connectivity index (χ0) is 12.6. The fraction of sp³-hybridized carbons (Fsp3) is 0.0909. The van der Waals surface area contributed by atoms with Crippen LogP contribution in [0.3, 0.4) is 0 Å². The summed E-state index contributed by atoms with van der Waals surface area (Å²) in [6, 6.07) is 3.45. The van der Waals surface area contributed by atoms with Crippen LogP contribution < -0.4 is 0 Å². The zero-order valence-corrected chi connectivity index (χ0v) is 11.7. The first-order chi connectivity index (χ1) is 8.06. The van der Waals surface area contributed by atoms with Crippen LogP contribution in [0.1, 0.15) is 10.4 Å². The molecule has 1 aromatic heterocycles. The average molecular weight is 335 g/mol. The number of benzene rings is 1. The Morgan fingerprint density at radius 3 is 2.76 bits per heavy atom. The van der Waals surface area contributed by atoms with Crippen LogP contribution in [0.5, 0.6) is 0 Å². The van der Waals surface area contributed by atoms with Crippen LogP contribution in [0.2, 0.25) is 10.0 Å². The minimum Gasteiger partial charge on any atom is -0.465 e. The van der Waals surface area contributed by atoms with Gasteiger partial charge in [-0.25, -0.2) is 4.79 Å². The Hall–Kier alpha value is -0.840. The summed E-state index contributed by atoms with van der Waals surface area (Å²) < 4.78 is 5.38. The van der Waals surface area contributed by atoms with Gasteiger partial charge in [-0.3, -0.25) is 4.98 Å². The van der Waals surface area contributed by atoms with Gasteiger partial charge < -0.3 is 4.74 Å². The van der Waals surface area contributed by atoms with Crippen LogP contribution in [0, 0.1) is 0 Å². The number of ether oxygens (including phenoxy) is 1. The zero-order valence-electron chi connectivity index (χ0n) is 8.63.